The summed E-state index contributed by atoms with van der Waals surface area (Å²) in [6, 6.07) is 5.88. The molecule has 0 aliphatic rings. The Kier molecular flexibility index (Phi) is 4.59. The minimum absolute atomic E-state index is 0.517. The Bertz CT molecular complexity index is 312. The maximum atomic E-state index is 9.91. The van der Waals surface area contributed by atoms with Gasteiger partial charge in [0.15, 0.2) is 0 Å². The van der Waals surface area contributed by atoms with E-state index in [-0.39, 0.29) is 0 Å². The molecule has 0 bridgehead atoms. The molecular weight excluding hydrogens is 190 g/mol. The molecule has 0 saturated carbocycles. The summed E-state index contributed by atoms with van der Waals surface area (Å²) in [6.45, 7) is 2.61. The van der Waals surface area contributed by atoms with E-state index in [4.69, 9.17) is 4.74 Å². The van der Waals surface area contributed by atoms with Gasteiger partial charge in [0.05, 0.1) is 13.2 Å². The van der Waals surface area contributed by atoms with Gasteiger partial charge in [-0.3, -0.25) is 0 Å². The number of para-hydroxylation sites is 1. The van der Waals surface area contributed by atoms with E-state index in [1.807, 2.05) is 25.2 Å². The van der Waals surface area contributed by atoms with Gasteiger partial charge in [-0.1, -0.05) is 25.1 Å². The average molecular weight is 209 g/mol. The molecular formula is C12H19NO2. The van der Waals surface area contributed by atoms with Gasteiger partial charge >= 0.3 is 0 Å². The largest absolute Gasteiger partial charge is 0.496 e. The van der Waals surface area contributed by atoms with Crippen LogP contribution in [0.2, 0.25) is 0 Å². The van der Waals surface area contributed by atoms with E-state index in [9.17, 15) is 5.11 Å². The zero-order valence-corrected chi connectivity index (χ0v) is 9.58. The van der Waals surface area contributed by atoms with E-state index in [1.165, 1.54) is 0 Å². The van der Waals surface area contributed by atoms with Gasteiger partial charge in [0.1, 0.15) is 5.75 Å². The molecule has 0 radical (unpaired) electrons. The summed E-state index contributed by atoms with van der Waals surface area (Å²) in [5, 5.41) is 12.9. The van der Waals surface area contributed by atoms with Crippen molar-refractivity contribution in [2.24, 2.45) is 0 Å². The number of aliphatic hydroxyl groups excluding tert-OH is 1. The molecule has 0 heterocycles. The Morgan fingerprint density at radius 2 is 2.20 bits per heavy atom. The number of methoxy groups -OCH3 is 1. The van der Waals surface area contributed by atoms with Gasteiger partial charge in [-0.05, 0) is 19.0 Å². The highest BCUT2D eigenvalue weighted by Crippen LogP contribution is 2.29. The number of likely N-dealkylation sites (N-methyl/N-ethyl adjacent to an activating group) is 1. The van der Waals surface area contributed by atoms with Gasteiger partial charge in [0, 0.05) is 12.1 Å². The number of hydrogen-bond donors (Lipinski definition) is 2. The lowest BCUT2D eigenvalue weighted by Crippen LogP contribution is -2.17. The second-order valence-electron chi connectivity index (χ2n) is 3.47. The molecule has 1 rings (SSSR count). The van der Waals surface area contributed by atoms with E-state index >= 15 is 0 Å². The van der Waals surface area contributed by atoms with E-state index in [0.29, 0.717) is 6.54 Å². The molecule has 3 heteroatoms. The molecule has 0 amide bonds. The average Bonchev–Trinajstić information content (AvgIpc) is 2.28. The van der Waals surface area contributed by atoms with Gasteiger partial charge in [0.25, 0.3) is 0 Å². The first-order valence-electron chi connectivity index (χ1n) is 5.23. The minimum atomic E-state index is -0.517. The van der Waals surface area contributed by atoms with Crippen LogP contribution in [0, 0.1) is 0 Å². The molecule has 1 aromatic carbocycles. The van der Waals surface area contributed by atoms with Crippen molar-refractivity contribution < 1.29 is 9.84 Å². The van der Waals surface area contributed by atoms with Crippen LogP contribution in [0.1, 0.15) is 24.2 Å². The lowest BCUT2D eigenvalue weighted by Gasteiger charge is -2.16. The lowest BCUT2D eigenvalue weighted by molar-refractivity contribution is 0.173. The molecule has 0 aliphatic carbocycles. The minimum Gasteiger partial charge on any atom is -0.496 e. The van der Waals surface area contributed by atoms with Gasteiger partial charge in [-0.15, -0.1) is 0 Å². The number of benzene rings is 1. The Morgan fingerprint density at radius 3 is 2.73 bits per heavy atom. The molecule has 1 atom stereocenters. The summed E-state index contributed by atoms with van der Waals surface area (Å²) < 4.78 is 5.35. The van der Waals surface area contributed by atoms with Gasteiger partial charge in [0.2, 0.25) is 0 Å². The van der Waals surface area contributed by atoms with Crippen LogP contribution in [0.25, 0.3) is 0 Å². The smallest absolute Gasteiger partial charge is 0.127 e. The number of aryl methyl sites for hydroxylation is 1. The van der Waals surface area contributed by atoms with Crippen molar-refractivity contribution in [1.82, 2.24) is 5.32 Å². The molecule has 15 heavy (non-hydrogen) atoms. The molecule has 0 saturated heterocycles. The van der Waals surface area contributed by atoms with Crippen LogP contribution in [0.3, 0.4) is 0 Å². The van der Waals surface area contributed by atoms with Crippen LogP contribution >= 0.6 is 0 Å². The number of nitrogens with one attached hydrogen (secondary N) is 1. The zero-order chi connectivity index (χ0) is 11.3. The quantitative estimate of drug-likeness (QED) is 0.772. The zero-order valence-electron chi connectivity index (χ0n) is 9.58. The van der Waals surface area contributed by atoms with Crippen LogP contribution in [-0.4, -0.2) is 25.8 Å². The molecule has 1 unspecified atom stereocenters. The van der Waals surface area contributed by atoms with Crippen LogP contribution in [0.15, 0.2) is 18.2 Å². The van der Waals surface area contributed by atoms with E-state index in [0.717, 1.165) is 23.3 Å². The first-order valence-corrected chi connectivity index (χ1v) is 5.23. The van der Waals surface area contributed by atoms with Crippen molar-refractivity contribution in [3.8, 4) is 5.75 Å². The Labute approximate surface area is 91.1 Å². The highest BCUT2D eigenvalue weighted by atomic mass is 16.5. The second kappa shape index (κ2) is 5.73. The van der Waals surface area contributed by atoms with Gasteiger partial charge in [-0.25, -0.2) is 0 Å². The highest BCUT2D eigenvalue weighted by molar-refractivity contribution is 5.43. The Morgan fingerprint density at radius 1 is 1.47 bits per heavy atom. The summed E-state index contributed by atoms with van der Waals surface area (Å²) in [5.41, 5.74) is 1.98. The highest BCUT2D eigenvalue weighted by Gasteiger charge is 2.14. The molecule has 0 fully saturated rings. The van der Waals surface area contributed by atoms with Crippen LogP contribution in [-0.2, 0) is 6.42 Å². The molecule has 3 nitrogen and oxygen atoms in total. The van der Waals surface area contributed by atoms with Crippen molar-refractivity contribution in [3.63, 3.8) is 0 Å². The Balaban J connectivity index is 3.05. The van der Waals surface area contributed by atoms with Crippen molar-refractivity contribution >= 4 is 0 Å². The normalized spacial score (nSPS) is 12.5. The first kappa shape index (κ1) is 12.0. The first-order chi connectivity index (χ1) is 7.24. The van der Waals surface area contributed by atoms with E-state index in [1.54, 1.807) is 7.11 Å². The van der Waals surface area contributed by atoms with E-state index in [2.05, 4.69) is 12.2 Å². The molecule has 2 N–H and O–H groups in total. The van der Waals surface area contributed by atoms with Gasteiger partial charge < -0.3 is 15.2 Å². The van der Waals surface area contributed by atoms with Crippen LogP contribution < -0.4 is 10.1 Å². The lowest BCUT2D eigenvalue weighted by atomic mass is 10.0. The molecule has 0 aliphatic heterocycles. The fourth-order valence-corrected chi connectivity index (χ4v) is 1.70. The monoisotopic (exact) mass is 209 g/mol. The van der Waals surface area contributed by atoms with Crippen molar-refractivity contribution in [2.45, 2.75) is 19.4 Å². The van der Waals surface area contributed by atoms with E-state index < -0.39 is 6.10 Å². The number of hydrogen-bond acceptors (Lipinski definition) is 3. The summed E-state index contributed by atoms with van der Waals surface area (Å²) in [7, 11) is 3.46. The van der Waals surface area contributed by atoms with Crippen LogP contribution in [0.5, 0.6) is 5.75 Å². The van der Waals surface area contributed by atoms with Crippen molar-refractivity contribution in [3.05, 3.63) is 29.3 Å². The summed E-state index contributed by atoms with van der Waals surface area (Å²) in [5.74, 6) is 0.808. The Hall–Kier alpha value is -1.06. The number of aliphatic hydroxyl groups is 1. The number of ether oxygens (including phenoxy) is 1. The third-order valence-corrected chi connectivity index (χ3v) is 2.47. The maximum Gasteiger partial charge on any atom is 0.127 e. The van der Waals surface area contributed by atoms with Crippen LogP contribution in [0.4, 0.5) is 0 Å². The third kappa shape index (κ3) is 2.70. The SMILES string of the molecule is CCc1cccc(C(O)CNC)c1OC. The summed E-state index contributed by atoms with van der Waals surface area (Å²) in [6.07, 6.45) is 0.389. The standard InChI is InChI=1S/C12H19NO2/c1-4-9-6-5-7-10(12(9)15-3)11(14)8-13-2/h5-7,11,13-14H,4,8H2,1-3H3. The maximum absolute atomic E-state index is 9.91. The fraction of sp³-hybridized carbons (Fsp3) is 0.500. The molecule has 0 aromatic heterocycles. The predicted molar refractivity (Wildman–Crippen MR) is 61.3 cm³/mol. The summed E-state index contributed by atoms with van der Waals surface area (Å²) in [4.78, 5) is 0. The van der Waals surface area contributed by atoms with Crippen molar-refractivity contribution in [1.29, 1.82) is 0 Å². The molecule has 0 spiro atoms. The fourth-order valence-electron chi connectivity index (χ4n) is 1.70. The third-order valence-electron chi connectivity index (χ3n) is 2.47. The summed E-state index contributed by atoms with van der Waals surface area (Å²) >= 11 is 0. The second-order valence-corrected chi connectivity index (χ2v) is 3.47. The van der Waals surface area contributed by atoms with Gasteiger partial charge in [-0.2, -0.15) is 0 Å². The van der Waals surface area contributed by atoms with Crippen molar-refractivity contribution in [2.75, 3.05) is 20.7 Å². The topological polar surface area (TPSA) is 41.5 Å². The number of rotatable bonds is 5. The predicted octanol–water partition coefficient (Wildman–Crippen LogP) is 1.51. The molecule has 1 aromatic rings. The molecule has 84 valence electrons.